The summed E-state index contributed by atoms with van der Waals surface area (Å²) in [5, 5.41) is 2.63. The van der Waals surface area contributed by atoms with Gasteiger partial charge in [-0.05, 0) is 14.0 Å². The van der Waals surface area contributed by atoms with Crippen LogP contribution in [-0.2, 0) is 4.79 Å². The number of nitrogens with one attached hydrogen (secondary N) is 1. The van der Waals surface area contributed by atoms with Crippen LogP contribution in [0.1, 0.15) is 6.92 Å². The molecular formula is C8H16N3O. The van der Waals surface area contributed by atoms with Crippen molar-refractivity contribution >= 4 is 6.41 Å². The van der Waals surface area contributed by atoms with Gasteiger partial charge in [0.25, 0.3) is 0 Å². The van der Waals surface area contributed by atoms with Crippen LogP contribution in [0.3, 0.4) is 0 Å². The summed E-state index contributed by atoms with van der Waals surface area (Å²) in [7, 11) is 2.11. The van der Waals surface area contributed by atoms with E-state index in [-0.39, 0.29) is 6.17 Å². The molecule has 1 rings (SSSR count). The first-order chi connectivity index (χ1) is 5.74. The number of likely N-dealkylation sites (N-methyl/N-ethyl adjacent to an activating group) is 1. The van der Waals surface area contributed by atoms with Crippen LogP contribution >= 0.6 is 0 Å². The van der Waals surface area contributed by atoms with Crippen LogP contribution in [0, 0.1) is 0 Å². The minimum absolute atomic E-state index is 0.121. The summed E-state index contributed by atoms with van der Waals surface area (Å²) in [5.41, 5.74) is 0. The number of piperazine rings is 1. The van der Waals surface area contributed by atoms with Crippen LogP contribution in [0.5, 0.6) is 0 Å². The number of hydrogen-bond donors (Lipinski definition) is 1. The van der Waals surface area contributed by atoms with E-state index in [1.165, 1.54) is 0 Å². The summed E-state index contributed by atoms with van der Waals surface area (Å²) in [6, 6.07) is 0. The maximum absolute atomic E-state index is 10.0. The highest BCUT2D eigenvalue weighted by Gasteiger charge is 2.17. The first-order valence-corrected chi connectivity index (χ1v) is 4.29. The third-order valence-electron chi connectivity index (χ3n) is 2.35. The maximum Gasteiger partial charge on any atom is 0.310 e. The van der Waals surface area contributed by atoms with Gasteiger partial charge in [0.1, 0.15) is 0 Å². The summed E-state index contributed by atoms with van der Waals surface area (Å²) in [4.78, 5) is 14.6. The Morgan fingerprint density at radius 3 is 2.42 bits per heavy atom. The lowest BCUT2D eigenvalue weighted by atomic mass is 10.3. The van der Waals surface area contributed by atoms with E-state index in [1.54, 1.807) is 6.41 Å². The van der Waals surface area contributed by atoms with Crippen molar-refractivity contribution < 1.29 is 4.79 Å². The zero-order chi connectivity index (χ0) is 8.97. The second-order valence-electron chi connectivity index (χ2n) is 3.26. The standard InChI is InChI=1S/C8H16N3O/c1-8(9-7-12)11-5-3-10(2)4-6-11/h8H,3-6H2,1-2H3,(H,9,12). The van der Waals surface area contributed by atoms with Gasteiger partial charge in [-0.15, -0.1) is 0 Å². The molecular weight excluding hydrogens is 154 g/mol. The van der Waals surface area contributed by atoms with Crippen molar-refractivity contribution in [1.82, 2.24) is 15.1 Å². The Bertz CT molecular complexity index is 143. The molecule has 1 atom stereocenters. The van der Waals surface area contributed by atoms with Gasteiger partial charge in [0.05, 0.1) is 6.17 Å². The average Bonchev–Trinajstić information content (AvgIpc) is 2.06. The zero-order valence-electron chi connectivity index (χ0n) is 7.71. The second kappa shape index (κ2) is 4.42. The van der Waals surface area contributed by atoms with E-state index in [0.717, 1.165) is 26.2 Å². The SMILES string of the molecule is CC(N[C]=O)N1CCN(C)CC1. The van der Waals surface area contributed by atoms with Gasteiger partial charge in [-0.1, -0.05) is 0 Å². The van der Waals surface area contributed by atoms with E-state index in [2.05, 4.69) is 22.2 Å². The van der Waals surface area contributed by atoms with E-state index in [4.69, 9.17) is 0 Å². The Kier molecular flexibility index (Phi) is 3.49. The van der Waals surface area contributed by atoms with Crippen LogP contribution in [0.15, 0.2) is 0 Å². The van der Waals surface area contributed by atoms with E-state index in [1.807, 2.05) is 6.92 Å². The zero-order valence-corrected chi connectivity index (χ0v) is 7.71. The molecule has 1 fully saturated rings. The molecule has 0 aromatic heterocycles. The van der Waals surface area contributed by atoms with E-state index < -0.39 is 0 Å². The summed E-state index contributed by atoms with van der Waals surface area (Å²) in [5.74, 6) is 0. The molecule has 0 aromatic rings. The molecule has 0 bridgehead atoms. The highest BCUT2D eigenvalue weighted by Crippen LogP contribution is 2.01. The lowest BCUT2D eigenvalue weighted by Gasteiger charge is -2.35. The Balaban J connectivity index is 2.28. The number of amides is 1. The fraction of sp³-hybridized carbons (Fsp3) is 0.875. The van der Waals surface area contributed by atoms with E-state index in [9.17, 15) is 4.79 Å². The molecule has 1 aliphatic heterocycles. The number of nitrogens with zero attached hydrogens (tertiary/aromatic N) is 2. The quantitative estimate of drug-likeness (QED) is 0.565. The van der Waals surface area contributed by atoms with Gasteiger partial charge in [0.15, 0.2) is 0 Å². The molecule has 1 heterocycles. The van der Waals surface area contributed by atoms with Crippen molar-refractivity contribution in [3.05, 3.63) is 0 Å². The predicted molar refractivity (Wildman–Crippen MR) is 47.4 cm³/mol. The van der Waals surface area contributed by atoms with Crippen LogP contribution in [0.25, 0.3) is 0 Å². The molecule has 12 heavy (non-hydrogen) atoms. The molecule has 0 aliphatic carbocycles. The molecule has 4 heteroatoms. The molecule has 0 aromatic carbocycles. The molecule has 0 spiro atoms. The van der Waals surface area contributed by atoms with Gasteiger partial charge in [0.2, 0.25) is 0 Å². The molecule has 0 saturated carbocycles. The average molecular weight is 170 g/mol. The summed E-state index contributed by atoms with van der Waals surface area (Å²) >= 11 is 0. The van der Waals surface area contributed by atoms with Crippen molar-refractivity contribution in [3.63, 3.8) is 0 Å². The van der Waals surface area contributed by atoms with Gasteiger partial charge >= 0.3 is 6.41 Å². The number of hydrogen-bond acceptors (Lipinski definition) is 3. The first kappa shape index (κ1) is 9.48. The molecule has 1 N–H and O–H groups in total. The van der Waals surface area contributed by atoms with Crippen molar-refractivity contribution in [2.24, 2.45) is 0 Å². The van der Waals surface area contributed by atoms with Crippen molar-refractivity contribution in [3.8, 4) is 0 Å². The van der Waals surface area contributed by atoms with Gasteiger partial charge in [-0.3, -0.25) is 9.69 Å². The largest absolute Gasteiger partial charge is 0.333 e. The summed E-state index contributed by atoms with van der Waals surface area (Å²) < 4.78 is 0. The highest BCUT2D eigenvalue weighted by molar-refractivity contribution is 5.47. The molecule has 1 unspecified atom stereocenters. The molecule has 1 saturated heterocycles. The van der Waals surface area contributed by atoms with Crippen molar-refractivity contribution in [2.75, 3.05) is 33.2 Å². The molecule has 4 nitrogen and oxygen atoms in total. The monoisotopic (exact) mass is 170 g/mol. The van der Waals surface area contributed by atoms with Crippen molar-refractivity contribution in [1.29, 1.82) is 0 Å². The van der Waals surface area contributed by atoms with Gasteiger partial charge in [-0.2, -0.15) is 0 Å². The molecule has 1 amide bonds. The minimum Gasteiger partial charge on any atom is -0.333 e. The highest BCUT2D eigenvalue weighted by atomic mass is 16.1. The number of carbonyl (C=O) groups excluding carboxylic acids is 1. The Hall–Kier alpha value is -0.610. The fourth-order valence-corrected chi connectivity index (χ4v) is 1.39. The van der Waals surface area contributed by atoms with Crippen LogP contribution < -0.4 is 5.32 Å². The predicted octanol–water partition coefficient (Wildman–Crippen LogP) is -0.763. The Morgan fingerprint density at radius 1 is 1.33 bits per heavy atom. The third-order valence-corrected chi connectivity index (χ3v) is 2.35. The Labute approximate surface area is 73.5 Å². The summed E-state index contributed by atoms with van der Waals surface area (Å²) in [6.07, 6.45) is 1.84. The Morgan fingerprint density at radius 2 is 1.92 bits per heavy atom. The number of rotatable bonds is 3. The van der Waals surface area contributed by atoms with Crippen LogP contribution in [-0.4, -0.2) is 55.6 Å². The maximum atomic E-state index is 10.0. The second-order valence-corrected chi connectivity index (χ2v) is 3.26. The van der Waals surface area contributed by atoms with Gasteiger partial charge in [0, 0.05) is 26.2 Å². The van der Waals surface area contributed by atoms with Crippen LogP contribution in [0.4, 0.5) is 0 Å². The lowest BCUT2D eigenvalue weighted by molar-refractivity contribution is 0.112. The van der Waals surface area contributed by atoms with Crippen molar-refractivity contribution in [2.45, 2.75) is 13.1 Å². The van der Waals surface area contributed by atoms with Gasteiger partial charge < -0.3 is 10.2 Å². The normalized spacial score (nSPS) is 23.5. The smallest absolute Gasteiger partial charge is 0.310 e. The molecule has 69 valence electrons. The van der Waals surface area contributed by atoms with E-state index >= 15 is 0 Å². The summed E-state index contributed by atoms with van der Waals surface area (Å²) in [6.45, 7) is 6.17. The minimum atomic E-state index is 0.121. The topological polar surface area (TPSA) is 35.6 Å². The molecule has 1 aliphatic rings. The van der Waals surface area contributed by atoms with Gasteiger partial charge in [-0.25, -0.2) is 0 Å². The fourth-order valence-electron chi connectivity index (χ4n) is 1.39. The first-order valence-electron chi connectivity index (χ1n) is 4.29. The molecule has 1 radical (unpaired) electrons. The van der Waals surface area contributed by atoms with E-state index in [0.29, 0.717) is 0 Å². The van der Waals surface area contributed by atoms with Crippen LogP contribution in [0.2, 0.25) is 0 Å². The lowest BCUT2D eigenvalue weighted by Crippen LogP contribution is -2.52. The third kappa shape index (κ3) is 2.46.